The molecule has 0 aliphatic carbocycles. The van der Waals surface area contributed by atoms with Gasteiger partial charge in [-0.25, -0.2) is 4.39 Å². The summed E-state index contributed by atoms with van der Waals surface area (Å²) in [6.07, 6.45) is 1.95. The van der Waals surface area contributed by atoms with Gasteiger partial charge in [0, 0.05) is 19.1 Å². The van der Waals surface area contributed by atoms with E-state index in [-0.39, 0.29) is 11.7 Å². The Hall–Kier alpha value is -1.62. The van der Waals surface area contributed by atoms with E-state index < -0.39 is 11.9 Å². The Morgan fingerprint density at radius 1 is 1.52 bits per heavy atom. The highest BCUT2D eigenvalue weighted by Crippen LogP contribution is 2.20. The first-order valence-corrected chi connectivity index (χ1v) is 7.53. The number of nitrogens with one attached hydrogen (secondary N) is 1. The topological polar surface area (TPSA) is 41.6 Å². The molecule has 1 aliphatic heterocycles. The number of para-hydroxylation sites is 1. The fourth-order valence-corrected chi connectivity index (χ4v) is 2.62. The predicted octanol–water partition coefficient (Wildman–Crippen LogP) is 2.19. The maximum absolute atomic E-state index is 13.6. The lowest BCUT2D eigenvalue weighted by Gasteiger charge is -2.34. The molecule has 0 bridgehead atoms. The smallest absolute Gasteiger partial charge is 0.263 e. The molecule has 1 heterocycles. The van der Waals surface area contributed by atoms with E-state index in [2.05, 4.69) is 5.32 Å². The molecule has 0 aromatic heterocycles. The molecule has 116 valence electrons. The summed E-state index contributed by atoms with van der Waals surface area (Å²) in [5, 5.41) is 3.21. The van der Waals surface area contributed by atoms with Gasteiger partial charge in [0.15, 0.2) is 17.7 Å². The summed E-state index contributed by atoms with van der Waals surface area (Å²) >= 11 is 0. The Labute approximate surface area is 125 Å². The van der Waals surface area contributed by atoms with Crippen LogP contribution in [0.2, 0.25) is 0 Å². The molecule has 1 aromatic rings. The molecule has 4 nitrogen and oxygen atoms in total. The third-order valence-electron chi connectivity index (χ3n) is 3.89. The first kappa shape index (κ1) is 15.8. The number of halogens is 1. The second-order valence-corrected chi connectivity index (χ2v) is 5.36. The van der Waals surface area contributed by atoms with E-state index in [1.54, 1.807) is 18.2 Å². The van der Waals surface area contributed by atoms with Crippen LogP contribution in [0.15, 0.2) is 24.3 Å². The lowest BCUT2D eigenvalue weighted by molar-refractivity contribution is -0.140. The molecular weight excluding hydrogens is 271 g/mol. The van der Waals surface area contributed by atoms with Crippen LogP contribution >= 0.6 is 0 Å². The molecule has 2 rings (SSSR count). The average molecular weight is 294 g/mol. The summed E-state index contributed by atoms with van der Waals surface area (Å²) in [5.74, 6) is -0.351. The summed E-state index contributed by atoms with van der Waals surface area (Å²) in [7, 11) is 1.91. The Kier molecular flexibility index (Phi) is 5.56. The van der Waals surface area contributed by atoms with Crippen molar-refractivity contribution in [3.63, 3.8) is 0 Å². The highest BCUT2D eigenvalue weighted by atomic mass is 19.1. The van der Waals surface area contributed by atoms with E-state index in [1.807, 2.05) is 18.9 Å². The monoisotopic (exact) mass is 294 g/mol. The molecule has 1 aromatic carbocycles. The van der Waals surface area contributed by atoms with Gasteiger partial charge in [0.1, 0.15) is 0 Å². The first-order valence-electron chi connectivity index (χ1n) is 7.53. The molecule has 1 aliphatic rings. The second kappa shape index (κ2) is 7.41. The molecule has 1 fully saturated rings. The van der Waals surface area contributed by atoms with Crippen molar-refractivity contribution in [1.29, 1.82) is 0 Å². The van der Waals surface area contributed by atoms with Gasteiger partial charge in [-0.1, -0.05) is 19.1 Å². The van der Waals surface area contributed by atoms with Gasteiger partial charge < -0.3 is 15.0 Å². The SMILES string of the molecule is CCC(Oc1ccccc1F)C(=O)N1CCCC(NC)C1. The third kappa shape index (κ3) is 3.94. The van der Waals surface area contributed by atoms with Gasteiger partial charge in [-0.3, -0.25) is 4.79 Å². The van der Waals surface area contributed by atoms with Crippen LogP contribution in [0, 0.1) is 5.82 Å². The van der Waals surface area contributed by atoms with Crippen LogP contribution in [-0.2, 0) is 4.79 Å². The Bertz CT molecular complexity index is 481. The Balaban J connectivity index is 2.03. The largest absolute Gasteiger partial charge is 0.478 e. The van der Waals surface area contributed by atoms with Crippen molar-refractivity contribution < 1.29 is 13.9 Å². The van der Waals surface area contributed by atoms with Crippen molar-refractivity contribution in [3.8, 4) is 5.75 Å². The zero-order chi connectivity index (χ0) is 15.2. The van der Waals surface area contributed by atoms with Crippen LogP contribution in [0.5, 0.6) is 5.75 Å². The number of piperidine rings is 1. The van der Waals surface area contributed by atoms with E-state index in [4.69, 9.17) is 4.74 Å². The zero-order valence-electron chi connectivity index (χ0n) is 12.6. The first-order chi connectivity index (χ1) is 10.2. The van der Waals surface area contributed by atoms with E-state index in [0.29, 0.717) is 19.0 Å². The normalized spacial score (nSPS) is 20.1. The zero-order valence-corrected chi connectivity index (χ0v) is 12.6. The highest BCUT2D eigenvalue weighted by Gasteiger charge is 2.29. The second-order valence-electron chi connectivity index (χ2n) is 5.36. The van der Waals surface area contributed by atoms with Gasteiger partial charge in [0.25, 0.3) is 5.91 Å². The number of likely N-dealkylation sites (N-methyl/N-ethyl adjacent to an activating group) is 1. The Morgan fingerprint density at radius 3 is 2.95 bits per heavy atom. The number of rotatable bonds is 5. The lowest BCUT2D eigenvalue weighted by Crippen LogP contribution is -2.51. The molecule has 5 heteroatoms. The van der Waals surface area contributed by atoms with Gasteiger partial charge in [0.05, 0.1) is 0 Å². The molecule has 0 saturated carbocycles. The van der Waals surface area contributed by atoms with Crippen LogP contribution < -0.4 is 10.1 Å². The van der Waals surface area contributed by atoms with Crippen LogP contribution in [0.1, 0.15) is 26.2 Å². The van der Waals surface area contributed by atoms with Crippen molar-refractivity contribution in [2.24, 2.45) is 0 Å². The number of hydrogen-bond donors (Lipinski definition) is 1. The minimum atomic E-state index is -0.627. The Morgan fingerprint density at radius 2 is 2.29 bits per heavy atom. The quantitative estimate of drug-likeness (QED) is 0.905. The molecule has 2 unspecified atom stereocenters. The minimum absolute atomic E-state index is 0.0549. The summed E-state index contributed by atoms with van der Waals surface area (Å²) in [6.45, 7) is 3.31. The fourth-order valence-electron chi connectivity index (χ4n) is 2.62. The number of nitrogens with zero attached hydrogens (tertiary/aromatic N) is 1. The maximum atomic E-state index is 13.6. The molecular formula is C16H23FN2O2. The fraction of sp³-hybridized carbons (Fsp3) is 0.562. The van der Waals surface area contributed by atoms with Crippen LogP contribution in [0.4, 0.5) is 4.39 Å². The number of ether oxygens (including phenoxy) is 1. The van der Waals surface area contributed by atoms with Crippen LogP contribution in [0.3, 0.4) is 0 Å². The van der Waals surface area contributed by atoms with E-state index in [1.165, 1.54) is 6.07 Å². The van der Waals surface area contributed by atoms with Gasteiger partial charge >= 0.3 is 0 Å². The molecule has 1 saturated heterocycles. The summed E-state index contributed by atoms with van der Waals surface area (Å²) in [4.78, 5) is 14.4. The van der Waals surface area contributed by atoms with Crippen molar-refractivity contribution in [2.75, 3.05) is 20.1 Å². The number of amides is 1. The van der Waals surface area contributed by atoms with Crippen molar-refractivity contribution in [3.05, 3.63) is 30.1 Å². The summed E-state index contributed by atoms with van der Waals surface area (Å²) in [5.41, 5.74) is 0. The van der Waals surface area contributed by atoms with Gasteiger partial charge in [0.2, 0.25) is 0 Å². The van der Waals surface area contributed by atoms with Crippen molar-refractivity contribution in [1.82, 2.24) is 10.2 Å². The number of hydrogen-bond acceptors (Lipinski definition) is 3. The minimum Gasteiger partial charge on any atom is -0.478 e. The van der Waals surface area contributed by atoms with E-state index in [9.17, 15) is 9.18 Å². The number of carbonyl (C=O) groups excluding carboxylic acids is 1. The van der Waals surface area contributed by atoms with Crippen molar-refractivity contribution >= 4 is 5.91 Å². The molecule has 0 spiro atoms. The number of benzene rings is 1. The summed E-state index contributed by atoms with van der Waals surface area (Å²) in [6, 6.07) is 6.52. The van der Waals surface area contributed by atoms with E-state index >= 15 is 0 Å². The van der Waals surface area contributed by atoms with Gasteiger partial charge in [-0.2, -0.15) is 0 Å². The van der Waals surface area contributed by atoms with Gasteiger partial charge in [-0.15, -0.1) is 0 Å². The van der Waals surface area contributed by atoms with Crippen LogP contribution in [0.25, 0.3) is 0 Å². The molecule has 1 N–H and O–H groups in total. The molecule has 0 radical (unpaired) electrons. The maximum Gasteiger partial charge on any atom is 0.263 e. The average Bonchev–Trinajstić information content (AvgIpc) is 2.53. The lowest BCUT2D eigenvalue weighted by atomic mass is 10.0. The summed E-state index contributed by atoms with van der Waals surface area (Å²) < 4.78 is 19.2. The van der Waals surface area contributed by atoms with Gasteiger partial charge in [-0.05, 0) is 38.4 Å². The highest BCUT2D eigenvalue weighted by molar-refractivity contribution is 5.81. The third-order valence-corrected chi connectivity index (χ3v) is 3.89. The number of carbonyl (C=O) groups is 1. The molecule has 21 heavy (non-hydrogen) atoms. The number of likely N-dealkylation sites (tertiary alicyclic amines) is 1. The van der Waals surface area contributed by atoms with E-state index in [0.717, 1.165) is 19.4 Å². The standard InChI is InChI=1S/C16H23FN2O2/c1-3-14(21-15-9-5-4-8-13(15)17)16(20)19-10-6-7-12(11-19)18-2/h4-5,8-9,12,14,18H,3,6-7,10-11H2,1-2H3. The van der Waals surface area contributed by atoms with Crippen LogP contribution in [-0.4, -0.2) is 43.1 Å². The molecule has 2 atom stereocenters. The molecule has 1 amide bonds. The van der Waals surface area contributed by atoms with Crippen molar-refractivity contribution in [2.45, 2.75) is 38.3 Å². The predicted molar refractivity (Wildman–Crippen MR) is 79.8 cm³/mol.